The van der Waals surface area contributed by atoms with Crippen LogP contribution in [0.4, 0.5) is 0 Å². The monoisotopic (exact) mass is 343 g/mol. The SMILES string of the molecule is N#C/C(=C\c1ccc(Sc2nc3ccccc3[nH]2)o1)c1ccccc1. The molecule has 0 bridgehead atoms. The number of furan rings is 1. The molecule has 25 heavy (non-hydrogen) atoms. The van der Waals surface area contributed by atoms with Gasteiger partial charge in [-0.3, -0.25) is 0 Å². The van der Waals surface area contributed by atoms with E-state index in [1.807, 2.05) is 66.7 Å². The van der Waals surface area contributed by atoms with Crippen molar-refractivity contribution in [1.82, 2.24) is 9.97 Å². The van der Waals surface area contributed by atoms with E-state index in [9.17, 15) is 5.26 Å². The first-order chi connectivity index (χ1) is 12.3. The molecule has 4 aromatic rings. The van der Waals surface area contributed by atoms with E-state index in [2.05, 4.69) is 16.0 Å². The number of benzene rings is 2. The van der Waals surface area contributed by atoms with Gasteiger partial charge in [-0.1, -0.05) is 42.5 Å². The molecule has 0 aliphatic rings. The van der Waals surface area contributed by atoms with Crippen molar-refractivity contribution in [1.29, 1.82) is 5.26 Å². The summed E-state index contributed by atoms with van der Waals surface area (Å²) in [5.41, 5.74) is 3.35. The Labute approximate surface area is 148 Å². The number of para-hydroxylation sites is 2. The van der Waals surface area contributed by atoms with Crippen LogP contribution in [0.2, 0.25) is 0 Å². The fraction of sp³-hybridized carbons (Fsp3) is 0. The van der Waals surface area contributed by atoms with Crippen molar-refractivity contribution in [2.75, 3.05) is 0 Å². The standard InChI is InChI=1S/C20H13N3OS/c21-13-15(14-6-2-1-3-7-14)12-16-10-11-19(24-16)25-20-22-17-8-4-5-9-18(17)23-20/h1-12H,(H,22,23)/b15-12+. The number of rotatable bonds is 4. The maximum absolute atomic E-state index is 9.38. The number of imidazole rings is 1. The third-order valence-electron chi connectivity index (χ3n) is 3.66. The van der Waals surface area contributed by atoms with Crippen LogP contribution in [0, 0.1) is 11.3 Å². The summed E-state index contributed by atoms with van der Waals surface area (Å²) in [5, 5.41) is 10.9. The zero-order valence-electron chi connectivity index (χ0n) is 13.1. The summed E-state index contributed by atoms with van der Waals surface area (Å²) in [4.78, 5) is 7.78. The lowest BCUT2D eigenvalue weighted by molar-refractivity contribution is 0.466. The number of nitrogens with one attached hydrogen (secondary N) is 1. The van der Waals surface area contributed by atoms with Crippen molar-refractivity contribution < 1.29 is 4.42 Å². The molecule has 5 heteroatoms. The summed E-state index contributed by atoms with van der Waals surface area (Å²) in [6, 6.07) is 23.4. The van der Waals surface area contributed by atoms with Gasteiger partial charge in [-0.25, -0.2) is 4.98 Å². The van der Waals surface area contributed by atoms with Gasteiger partial charge in [-0.05, 0) is 47.7 Å². The van der Waals surface area contributed by atoms with Crippen molar-refractivity contribution in [3.8, 4) is 6.07 Å². The Balaban J connectivity index is 1.57. The maximum Gasteiger partial charge on any atom is 0.174 e. The summed E-state index contributed by atoms with van der Waals surface area (Å²) in [6.45, 7) is 0. The van der Waals surface area contributed by atoms with E-state index >= 15 is 0 Å². The molecule has 1 N–H and O–H groups in total. The quantitative estimate of drug-likeness (QED) is 0.506. The topological polar surface area (TPSA) is 65.6 Å². The van der Waals surface area contributed by atoms with Crippen LogP contribution < -0.4 is 0 Å². The van der Waals surface area contributed by atoms with Crippen LogP contribution in [0.3, 0.4) is 0 Å². The fourth-order valence-corrected chi connectivity index (χ4v) is 3.25. The highest BCUT2D eigenvalue weighted by atomic mass is 32.2. The Morgan fingerprint density at radius 2 is 1.84 bits per heavy atom. The average Bonchev–Trinajstić information content (AvgIpc) is 3.26. The first-order valence-electron chi connectivity index (χ1n) is 7.71. The van der Waals surface area contributed by atoms with Crippen molar-refractivity contribution in [3.05, 3.63) is 78.1 Å². The third kappa shape index (κ3) is 3.35. The second kappa shape index (κ2) is 6.71. The minimum atomic E-state index is 0.565. The number of allylic oxidation sites excluding steroid dienone is 1. The smallest absolute Gasteiger partial charge is 0.174 e. The first-order valence-corrected chi connectivity index (χ1v) is 8.53. The summed E-state index contributed by atoms with van der Waals surface area (Å²) in [5.74, 6) is 0.638. The molecule has 120 valence electrons. The van der Waals surface area contributed by atoms with Gasteiger partial charge >= 0.3 is 0 Å². The molecule has 4 rings (SSSR count). The Morgan fingerprint density at radius 3 is 2.64 bits per heavy atom. The second-order valence-electron chi connectivity index (χ2n) is 5.35. The van der Waals surface area contributed by atoms with E-state index in [1.54, 1.807) is 6.08 Å². The lowest BCUT2D eigenvalue weighted by atomic mass is 10.1. The number of aromatic nitrogens is 2. The molecule has 2 aromatic heterocycles. The first kappa shape index (κ1) is 15.3. The molecular formula is C20H13N3OS. The summed E-state index contributed by atoms with van der Waals surface area (Å²) in [6.07, 6.45) is 1.75. The van der Waals surface area contributed by atoms with Crippen molar-refractivity contribution in [2.45, 2.75) is 10.2 Å². The van der Waals surface area contributed by atoms with Gasteiger partial charge in [0.25, 0.3) is 0 Å². The highest BCUT2D eigenvalue weighted by molar-refractivity contribution is 7.99. The number of nitrogens with zero attached hydrogens (tertiary/aromatic N) is 2. The highest BCUT2D eigenvalue weighted by Crippen LogP contribution is 2.30. The molecule has 0 atom stereocenters. The molecule has 2 heterocycles. The molecular weight excluding hydrogens is 330 g/mol. The molecule has 0 saturated carbocycles. The van der Waals surface area contributed by atoms with Gasteiger partial charge in [0, 0.05) is 0 Å². The fourth-order valence-electron chi connectivity index (χ4n) is 2.48. The number of nitriles is 1. The van der Waals surface area contributed by atoms with Gasteiger partial charge in [0.2, 0.25) is 0 Å². The van der Waals surface area contributed by atoms with Gasteiger partial charge in [-0.2, -0.15) is 5.26 Å². The van der Waals surface area contributed by atoms with E-state index in [0.717, 1.165) is 26.8 Å². The van der Waals surface area contributed by atoms with E-state index in [4.69, 9.17) is 4.42 Å². The molecule has 4 nitrogen and oxygen atoms in total. The second-order valence-corrected chi connectivity index (χ2v) is 6.35. The van der Waals surface area contributed by atoms with Crippen LogP contribution in [0.25, 0.3) is 22.7 Å². The van der Waals surface area contributed by atoms with Gasteiger partial charge < -0.3 is 9.40 Å². The Morgan fingerprint density at radius 1 is 1.04 bits per heavy atom. The number of H-pyrrole nitrogens is 1. The largest absolute Gasteiger partial charge is 0.450 e. The van der Waals surface area contributed by atoms with Crippen LogP contribution >= 0.6 is 11.8 Å². The number of hydrogen-bond donors (Lipinski definition) is 1. The molecule has 0 radical (unpaired) electrons. The predicted octanol–water partition coefficient (Wildman–Crippen LogP) is 5.37. The van der Waals surface area contributed by atoms with Gasteiger partial charge in [-0.15, -0.1) is 0 Å². The molecule has 0 saturated heterocycles. The summed E-state index contributed by atoms with van der Waals surface area (Å²) < 4.78 is 5.81. The number of hydrogen-bond acceptors (Lipinski definition) is 4. The molecule has 2 aromatic carbocycles. The molecule has 0 aliphatic carbocycles. The van der Waals surface area contributed by atoms with Crippen molar-refractivity contribution in [3.63, 3.8) is 0 Å². The average molecular weight is 343 g/mol. The zero-order chi connectivity index (χ0) is 17.1. The predicted molar refractivity (Wildman–Crippen MR) is 98.9 cm³/mol. The zero-order valence-corrected chi connectivity index (χ0v) is 14.0. The minimum Gasteiger partial charge on any atom is -0.450 e. The summed E-state index contributed by atoms with van der Waals surface area (Å²) >= 11 is 1.42. The van der Waals surface area contributed by atoms with Crippen LogP contribution in [-0.4, -0.2) is 9.97 Å². The van der Waals surface area contributed by atoms with Gasteiger partial charge in [0.1, 0.15) is 5.76 Å². The third-order valence-corrected chi connectivity index (χ3v) is 4.47. The lowest BCUT2D eigenvalue weighted by Crippen LogP contribution is -1.79. The van der Waals surface area contributed by atoms with Gasteiger partial charge in [0.05, 0.1) is 22.7 Å². The molecule has 0 spiro atoms. The van der Waals surface area contributed by atoms with Crippen LogP contribution in [-0.2, 0) is 0 Å². The van der Waals surface area contributed by atoms with E-state index in [-0.39, 0.29) is 0 Å². The molecule has 0 aliphatic heterocycles. The van der Waals surface area contributed by atoms with Crippen molar-refractivity contribution in [2.24, 2.45) is 0 Å². The van der Waals surface area contributed by atoms with Crippen molar-refractivity contribution >= 4 is 34.4 Å². The van der Waals surface area contributed by atoms with E-state index in [0.29, 0.717) is 11.3 Å². The van der Waals surface area contributed by atoms with Crippen LogP contribution in [0.15, 0.2) is 81.4 Å². The van der Waals surface area contributed by atoms with Crippen LogP contribution in [0.1, 0.15) is 11.3 Å². The number of aromatic amines is 1. The molecule has 0 fully saturated rings. The van der Waals surface area contributed by atoms with Crippen LogP contribution in [0.5, 0.6) is 0 Å². The molecule has 0 amide bonds. The highest BCUT2D eigenvalue weighted by Gasteiger charge is 2.08. The van der Waals surface area contributed by atoms with E-state index < -0.39 is 0 Å². The van der Waals surface area contributed by atoms with Gasteiger partial charge in [0.15, 0.2) is 10.2 Å². The normalized spacial score (nSPS) is 11.6. The Kier molecular flexibility index (Phi) is 4.11. The Hall–Kier alpha value is -3.23. The lowest BCUT2D eigenvalue weighted by Gasteiger charge is -1.97. The molecule has 0 unspecified atom stereocenters. The number of fused-ring (bicyclic) bond motifs is 1. The van der Waals surface area contributed by atoms with E-state index in [1.165, 1.54) is 11.8 Å². The maximum atomic E-state index is 9.38. The summed E-state index contributed by atoms with van der Waals surface area (Å²) in [7, 11) is 0. The minimum absolute atomic E-state index is 0.565. The Bertz CT molecular complexity index is 1050.